The van der Waals surface area contributed by atoms with Crippen LogP contribution in [0.3, 0.4) is 0 Å². The highest BCUT2D eigenvalue weighted by molar-refractivity contribution is 7.92. The van der Waals surface area contributed by atoms with Crippen LogP contribution in [0.2, 0.25) is 0 Å². The molecule has 0 saturated heterocycles. The van der Waals surface area contributed by atoms with Crippen LogP contribution in [0.5, 0.6) is 0 Å². The van der Waals surface area contributed by atoms with E-state index >= 15 is 0 Å². The second-order valence-corrected chi connectivity index (χ2v) is 6.02. The summed E-state index contributed by atoms with van der Waals surface area (Å²) in [4.78, 5) is 10.9. The number of benzene rings is 1. The molecule has 106 valence electrons. The molecule has 0 aliphatic heterocycles. The van der Waals surface area contributed by atoms with E-state index in [1.165, 1.54) is 6.92 Å². The van der Waals surface area contributed by atoms with Crippen molar-refractivity contribution < 1.29 is 13.2 Å². The van der Waals surface area contributed by atoms with Crippen LogP contribution >= 0.6 is 0 Å². The van der Waals surface area contributed by atoms with Crippen LogP contribution in [-0.2, 0) is 14.8 Å². The number of unbranched alkanes of at least 4 members (excludes halogenated alkanes) is 1. The number of carbonyl (C=O) groups excluding carboxylic acids is 1. The number of nitrogens with one attached hydrogen (secondary N) is 2. The fraction of sp³-hybridized carbons (Fsp3) is 0.417. The summed E-state index contributed by atoms with van der Waals surface area (Å²) in [5.74, 6) is -0.169. The van der Waals surface area contributed by atoms with Gasteiger partial charge in [0.2, 0.25) is 15.9 Å². The number of hydrogen-bond donors (Lipinski definition) is 3. The van der Waals surface area contributed by atoms with Crippen molar-refractivity contribution >= 4 is 27.3 Å². The van der Waals surface area contributed by atoms with Crippen LogP contribution in [-0.4, -0.2) is 26.6 Å². The molecule has 0 bridgehead atoms. The van der Waals surface area contributed by atoms with Crippen molar-refractivity contribution in [3.8, 4) is 0 Å². The summed E-state index contributed by atoms with van der Waals surface area (Å²) in [6, 6.07) is 6.56. The van der Waals surface area contributed by atoms with E-state index in [9.17, 15) is 13.2 Å². The average molecular weight is 285 g/mol. The molecule has 0 saturated carbocycles. The van der Waals surface area contributed by atoms with Gasteiger partial charge in [-0.2, -0.15) is 0 Å². The molecule has 6 nitrogen and oxygen atoms in total. The first kappa shape index (κ1) is 15.5. The summed E-state index contributed by atoms with van der Waals surface area (Å²) in [6.07, 6.45) is 1.20. The summed E-state index contributed by atoms with van der Waals surface area (Å²) in [6.45, 7) is 1.87. The fourth-order valence-electron chi connectivity index (χ4n) is 1.53. The Morgan fingerprint density at radius 3 is 2.58 bits per heavy atom. The molecule has 0 atom stereocenters. The Morgan fingerprint density at radius 2 is 1.95 bits per heavy atom. The molecule has 19 heavy (non-hydrogen) atoms. The van der Waals surface area contributed by atoms with E-state index in [4.69, 9.17) is 5.73 Å². The molecule has 0 aromatic heterocycles. The van der Waals surface area contributed by atoms with Crippen LogP contribution in [0, 0.1) is 0 Å². The lowest BCUT2D eigenvalue weighted by Gasteiger charge is -2.09. The van der Waals surface area contributed by atoms with Gasteiger partial charge in [0.15, 0.2) is 0 Å². The maximum Gasteiger partial charge on any atom is 0.232 e. The second-order valence-electron chi connectivity index (χ2n) is 4.18. The average Bonchev–Trinajstić information content (AvgIpc) is 2.27. The summed E-state index contributed by atoms with van der Waals surface area (Å²) >= 11 is 0. The fourth-order valence-corrected chi connectivity index (χ4v) is 2.70. The molecule has 0 aliphatic rings. The lowest BCUT2D eigenvalue weighted by Crippen LogP contribution is -2.17. The minimum atomic E-state index is -3.37. The normalized spacial score (nSPS) is 11.1. The van der Waals surface area contributed by atoms with Crippen LogP contribution < -0.4 is 15.8 Å². The first-order valence-electron chi connectivity index (χ1n) is 6.01. The molecule has 0 heterocycles. The predicted octanol–water partition coefficient (Wildman–Crippen LogP) is 1.13. The van der Waals surface area contributed by atoms with Crippen molar-refractivity contribution in [2.45, 2.75) is 19.8 Å². The van der Waals surface area contributed by atoms with Crippen molar-refractivity contribution in [1.29, 1.82) is 0 Å². The van der Waals surface area contributed by atoms with Crippen LogP contribution in [0.25, 0.3) is 0 Å². The van der Waals surface area contributed by atoms with E-state index < -0.39 is 10.0 Å². The summed E-state index contributed by atoms with van der Waals surface area (Å²) in [7, 11) is -3.37. The highest BCUT2D eigenvalue weighted by atomic mass is 32.2. The molecular formula is C12H19N3O3S. The molecule has 7 heteroatoms. The molecule has 0 radical (unpaired) electrons. The monoisotopic (exact) mass is 285 g/mol. The van der Waals surface area contributed by atoms with Crippen LogP contribution in [0.4, 0.5) is 11.4 Å². The first-order chi connectivity index (χ1) is 8.93. The Balaban J connectivity index is 2.68. The van der Waals surface area contributed by atoms with Crippen molar-refractivity contribution in [3.05, 3.63) is 24.3 Å². The Labute approximate surface area is 113 Å². The largest absolute Gasteiger partial charge is 0.330 e. The quantitative estimate of drug-likeness (QED) is 0.653. The van der Waals surface area contributed by atoms with Gasteiger partial charge in [0, 0.05) is 12.6 Å². The Kier molecular flexibility index (Phi) is 5.78. The molecule has 0 aliphatic carbocycles. The number of rotatable bonds is 7. The summed E-state index contributed by atoms with van der Waals surface area (Å²) < 4.78 is 26.0. The molecule has 4 N–H and O–H groups in total. The first-order valence-corrected chi connectivity index (χ1v) is 7.66. The molecule has 0 spiro atoms. The van der Waals surface area contributed by atoms with E-state index in [1.54, 1.807) is 24.3 Å². The van der Waals surface area contributed by atoms with Crippen LogP contribution in [0.1, 0.15) is 19.8 Å². The smallest absolute Gasteiger partial charge is 0.232 e. The third-order valence-electron chi connectivity index (χ3n) is 2.32. The SMILES string of the molecule is CC(=O)Nc1cccc(NS(=O)(=O)CCCCN)c1. The Morgan fingerprint density at radius 1 is 1.26 bits per heavy atom. The molecule has 0 unspecified atom stereocenters. The lowest BCUT2D eigenvalue weighted by molar-refractivity contribution is -0.114. The predicted molar refractivity (Wildman–Crippen MR) is 76.4 cm³/mol. The van der Waals surface area contributed by atoms with Gasteiger partial charge in [-0.25, -0.2) is 8.42 Å². The Hall–Kier alpha value is -1.60. The number of hydrogen-bond acceptors (Lipinski definition) is 4. The molecule has 1 aromatic rings. The summed E-state index contributed by atoms with van der Waals surface area (Å²) in [5.41, 5.74) is 6.30. The molecule has 0 fully saturated rings. The van der Waals surface area contributed by atoms with E-state index in [0.29, 0.717) is 30.8 Å². The minimum Gasteiger partial charge on any atom is -0.330 e. The zero-order valence-corrected chi connectivity index (χ0v) is 11.7. The maximum atomic E-state index is 11.8. The van der Waals surface area contributed by atoms with Gasteiger partial charge in [0.1, 0.15) is 0 Å². The van der Waals surface area contributed by atoms with Gasteiger partial charge >= 0.3 is 0 Å². The van der Waals surface area contributed by atoms with Crippen LogP contribution in [0.15, 0.2) is 24.3 Å². The third kappa shape index (κ3) is 6.21. The standard InChI is InChI=1S/C12H19N3O3S/c1-10(16)14-11-5-4-6-12(9-11)15-19(17,18)8-3-2-7-13/h4-6,9,15H,2-3,7-8,13H2,1H3,(H,14,16). The topological polar surface area (TPSA) is 101 Å². The highest BCUT2D eigenvalue weighted by Gasteiger charge is 2.10. The number of carbonyl (C=O) groups is 1. The Bertz CT molecular complexity index is 529. The lowest BCUT2D eigenvalue weighted by atomic mass is 10.3. The number of amides is 1. The minimum absolute atomic E-state index is 0.0363. The van der Waals surface area contributed by atoms with Gasteiger partial charge < -0.3 is 11.1 Å². The van der Waals surface area contributed by atoms with Gasteiger partial charge in [-0.15, -0.1) is 0 Å². The van der Waals surface area contributed by atoms with E-state index in [-0.39, 0.29) is 11.7 Å². The zero-order valence-electron chi connectivity index (χ0n) is 10.8. The van der Waals surface area contributed by atoms with Gasteiger partial charge in [-0.1, -0.05) is 6.07 Å². The van der Waals surface area contributed by atoms with E-state index in [2.05, 4.69) is 10.0 Å². The van der Waals surface area contributed by atoms with Crippen molar-refractivity contribution in [2.75, 3.05) is 22.3 Å². The second kappa shape index (κ2) is 7.10. The van der Waals surface area contributed by atoms with Crippen molar-refractivity contribution in [2.24, 2.45) is 5.73 Å². The molecule has 1 rings (SSSR count). The van der Waals surface area contributed by atoms with Crippen molar-refractivity contribution in [3.63, 3.8) is 0 Å². The zero-order chi connectivity index (χ0) is 14.3. The summed E-state index contributed by atoms with van der Waals surface area (Å²) in [5, 5.41) is 2.59. The van der Waals surface area contributed by atoms with Gasteiger partial charge in [0.05, 0.1) is 11.4 Å². The van der Waals surface area contributed by atoms with E-state index in [1.807, 2.05) is 0 Å². The van der Waals surface area contributed by atoms with E-state index in [0.717, 1.165) is 0 Å². The number of anilines is 2. The van der Waals surface area contributed by atoms with Gasteiger partial charge in [-0.05, 0) is 37.6 Å². The number of sulfonamides is 1. The van der Waals surface area contributed by atoms with Crippen molar-refractivity contribution in [1.82, 2.24) is 0 Å². The molecule has 1 aromatic carbocycles. The van der Waals surface area contributed by atoms with Gasteiger partial charge in [0.25, 0.3) is 0 Å². The molecule has 1 amide bonds. The van der Waals surface area contributed by atoms with Gasteiger partial charge in [-0.3, -0.25) is 9.52 Å². The third-order valence-corrected chi connectivity index (χ3v) is 3.70. The highest BCUT2D eigenvalue weighted by Crippen LogP contribution is 2.16. The molecular weight excluding hydrogens is 266 g/mol. The maximum absolute atomic E-state index is 11.8. The number of nitrogens with two attached hydrogens (primary N) is 1.